The first-order valence-electron chi connectivity index (χ1n) is 10.2. The molecule has 4 rings (SSSR count). The van der Waals surface area contributed by atoms with Crippen molar-refractivity contribution in [3.05, 3.63) is 88.9 Å². The van der Waals surface area contributed by atoms with Crippen molar-refractivity contribution in [1.82, 2.24) is 10.3 Å². The van der Waals surface area contributed by atoms with Crippen LogP contribution < -0.4 is 14.8 Å². The molecule has 0 radical (unpaired) electrons. The van der Waals surface area contributed by atoms with E-state index in [1.807, 2.05) is 72.8 Å². The maximum Gasteiger partial charge on any atom is 0.246 e. The second-order valence-corrected chi connectivity index (χ2v) is 8.22. The highest BCUT2D eigenvalue weighted by atomic mass is 32.1. The summed E-state index contributed by atoms with van der Waals surface area (Å²) in [5, 5.41) is 3.72. The van der Waals surface area contributed by atoms with Gasteiger partial charge in [0.05, 0.1) is 23.9 Å². The fourth-order valence-electron chi connectivity index (χ4n) is 3.14. The first kappa shape index (κ1) is 21.8. The van der Waals surface area contributed by atoms with Crippen LogP contribution in [0, 0.1) is 0 Å². The predicted octanol–water partition coefficient (Wildman–Crippen LogP) is 4.72. The quantitative estimate of drug-likeness (QED) is 0.380. The Labute approximate surface area is 190 Å². The Morgan fingerprint density at radius 1 is 0.938 bits per heavy atom. The molecule has 0 aliphatic carbocycles. The highest BCUT2D eigenvalue weighted by Gasteiger charge is 2.09. The van der Waals surface area contributed by atoms with Gasteiger partial charge in [-0.1, -0.05) is 48.5 Å². The molecule has 1 N–H and O–H groups in total. The lowest BCUT2D eigenvalue weighted by Crippen LogP contribution is -2.27. The highest BCUT2D eigenvalue weighted by molar-refractivity contribution is 7.18. The number of carbonyl (C=O) groups excluding carboxylic acids is 1. The minimum atomic E-state index is -0.186. The summed E-state index contributed by atoms with van der Waals surface area (Å²) in [5.41, 5.74) is 2.94. The van der Waals surface area contributed by atoms with Crippen LogP contribution in [0.1, 0.15) is 16.1 Å². The molecule has 164 valence electrons. The number of amides is 1. The number of nitrogens with one attached hydrogen (secondary N) is 1. The van der Waals surface area contributed by atoms with Crippen molar-refractivity contribution in [2.75, 3.05) is 13.7 Å². The third kappa shape index (κ3) is 5.84. The third-order valence-corrected chi connectivity index (χ3v) is 5.76. The number of para-hydroxylation sites is 1. The standard InChI is InChI=1S/C25H24N2O4S/c1-29-22-13-19(11-12-21(22)31-15-18-7-3-2-4-8-18)14-26-24(28)16-30-17-25-27-20-9-5-6-10-23(20)32-25/h2-13H,14-17H2,1H3,(H,26,28). The monoisotopic (exact) mass is 448 g/mol. The number of hydrogen-bond acceptors (Lipinski definition) is 6. The number of thiazole rings is 1. The molecule has 0 unspecified atom stereocenters. The van der Waals surface area contributed by atoms with Crippen molar-refractivity contribution in [3.8, 4) is 11.5 Å². The van der Waals surface area contributed by atoms with Crippen LogP contribution in [0.5, 0.6) is 11.5 Å². The van der Waals surface area contributed by atoms with Crippen LogP contribution in [0.2, 0.25) is 0 Å². The molecule has 3 aromatic carbocycles. The van der Waals surface area contributed by atoms with Crippen LogP contribution in [0.15, 0.2) is 72.8 Å². The van der Waals surface area contributed by atoms with Gasteiger partial charge in [-0.15, -0.1) is 11.3 Å². The molecule has 1 aromatic heterocycles. The number of fused-ring (bicyclic) bond motifs is 1. The minimum absolute atomic E-state index is 0.0225. The summed E-state index contributed by atoms with van der Waals surface area (Å²) >= 11 is 1.57. The van der Waals surface area contributed by atoms with Gasteiger partial charge in [-0.3, -0.25) is 4.79 Å². The fourth-order valence-corrected chi connectivity index (χ4v) is 4.05. The summed E-state index contributed by atoms with van der Waals surface area (Å²) < 4.78 is 18.0. The fraction of sp³-hybridized carbons (Fsp3) is 0.200. The van der Waals surface area contributed by atoms with E-state index in [0.717, 1.165) is 26.4 Å². The van der Waals surface area contributed by atoms with Gasteiger partial charge in [0.2, 0.25) is 5.91 Å². The van der Waals surface area contributed by atoms with Crippen molar-refractivity contribution in [2.24, 2.45) is 0 Å². The summed E-state index contributed by atoms with van der Waals surface area (Å²) in [6.07, 6.45) is 0. The van der Waals surface area contributed by atoms with Crippen molar-refractivity contribution in [1.29, 1.82) is 0 Å². The number of aromatic nitrogens is 1. The van der Waals surface area contributed by atoms with Gasteiger partial charge < -0.3 is 19.5 Å². The van der Waals surface area contributed by atoms with Gasteiger partial charge in [-0.2, -0.15) is 0 Å². The highest BCUT2D eigenvalue weighted by Crippen LogP contribution is 2.29. The first-order valence-corrected chi connectivity index (χ1v) is 11.1. The van der Waals surface area contributed by atoms with Crippen molar-refractivity contribution in [2.45, 2.75) is 19.8 Å². The van der Waals surface area contributed by atoms with Crippen molar-refractivity contribution >= 4 is 27.5 Å². The van der Waals surface area contributed by atoms with Crippen LogP contribution in [0.4, 0.5) is 0 Å². The molecular formula is C25H24N2O4S. The summed E-state index contributed by atoms with van der Waals surface area (Å²) in [5.74, 6) is 1.10. The topological polar surface area (TPSA) is 69.7 Å². The molecule has 4 aromatic rings. The Morgan fingerprint density at radius 2 is 1.75 bits per heavy atom. The number of nitrogens with zero attached hydrogens (tertiary/aromatic N) is 1. The van der Waals surface area contributed by atoms with Gasteiger partial charge in [-0.05, 0) is 35.4 Å². The van der Waals surface area contributed by atoms with Crippen LogP contribution in [0.3, 0.4) is 0 Å². The number of rotatable bonds is 10. The number of ether oxygens (including phenoxy) is 3. The van der Waals surface area contributed by atoms with Gasteiger partial charge in [0.25, 0.3) is 0 Å². The van der Waals surface area contributed by atoms with Crippen LogP contribution in [0.25, 0.3) is 10.2 Å². The molecule has 6 nitrogen and oxygen atoms in total. The molecule has 1 heterocycles. The second-order valence-electron chi connectivity index (χ2n) is 7.10. The Morgan fingerprint density at radius 3 is 2.56 bits per heavy atom. The van der Waals surface area contributed by atoms with E-state index in [0.29, 0.717) is 31.3 Å². The number of hydrogen-bond donors (Lipinski definition) is 1. The molecule has 0 atom stereocenters. The molecule has 0 bridgehead atoms. The number of methoxy groups -OCH3 is 1. The molecule has 0 aliphatic heterocycles. The SMILES string of the molecule is COc1cc(CNC(=O)COCc2nc3ccccc3s2)ccc1OCc1ccccc1. The Bertz CT molecular complexity index is 1140. The molecule has 0 saturated heterocycles. The summed E-state index contributed by atoms with van der Waals surface area (Å²) in [6.45, 7) is 1.12. The lowest BCUT2D eigenvalue weighted by atomic mass is 10.2. The summed E-state index contributed by atoms with van der Waals surface area (Å²) in [6, 6.07) is 23.5. The first-order chi connectivity index (χ1) is 15.7. The maximum atomic E-state index is 12.2. The Hall–Kier alpha value is -3.42. The largest absolute Gasteiger partial charge is 0.493 e. The van der Waals surface area contributed by atoms with E-state index in [-0.39, 0.29) is 12.5 Å². The van der Waals surface area contributed by atoms with E-state index in [1.54, 1.807) is 18.4 Å². The van der Waals surface area contributed by atoms with E-state index in [1.165, 1.54) is 0 Å². The molecule has 7 heteroatoms. The molecule has 1 amide bonds. The van der Waals surface area contributed by atoms with Crippen LogP contribution in [-0.2, 0) is 29.3 Å². The van der Waals surface area contributed by atoms with E-state index >= 15 is 0 Å². The van der Waals surface area contributed by atoms with Gasteiger partial charge in [0.1, 0.15) is 18.2 Å². The molecule has 0 saturated carbocycles. The van der Waals surface area contributed by atoms with E-state index in [4.69, 9.17) is 14.2 Å². The molecule has 0 fully saturated rings. The third-order valence-electron chi connectivity index (χ3n) is 4.75. The molecule has 0 aliphatic rings. The van der Waals surface area contributed by atoms with E-state index in [2.05, 4.69) is 10.3 Å². The Balaban J connectivity index is 1.24. The smallest absolute Gasteiger partial charge is 0.246 e. The van der Waals surface area contributed by atoms with Crippen molar-refractivity contribution in [3.63, 3.8) is 0 Å². The zero-order chi connectivity index (χ0) is 22.2. The normalized spacial score (nSPS) is 10.8. The van der Waals surface area contributed by atoms with E-state index < -0.39 is 0 Å². The number of carbonyl (C=O) groups is 1. The van der Waals surface area contributed by atoms with Gasteiger partial charge in [0, 0.05) is 6.54 Å². The second kappa shape index (κ2) is 10.7. The maximum absolute atomic E-state index is 12.2. The lowest BCUT2D eigenvalue weighted by molar-refractivity contribution is -0.126. The van der Waals surface area contributed by atoms with E-state index in [9.17, 15) is 4.79 Å². The van der Waals surface area contributed by atoms with Crippen LogP contribution >= 0.6 is 11.3 Å². The Kier molecular flexibility index (Phi) is 7.32. The van der Waals surface area contributed by atoms with Gasteiger partial charge >= 0.3 is 0 Å². The van der Waals surface area contributed by atoms with Crippen LogP contribution in [-0.4, -0.2) is 24.6 Å². The average molecular weight is 449 g/mol. The predicted molar refractivity (Wildman–Crippen MR) is 125 cm³/mol. The molecular weight excluding hydrogens is 424 g/mol. The summed E-state index contributed by atoms with van der Waals surface area (Å²) in [7, 11) is 1.60. The zero-order valence-corrected chi connectivity index (χ0v) is 18.6. The average Bonchev–Trinajstić information content (AvgIpc) is 3.25. The molecule has 32 heavy (non-hydrogen) atoms. The lowest BCUT2D eigenvalue weighted by Gasteiger charge is -2.13. The zero-order valence-electron chi connectivity index (χ0n) is 17.7. The van der Waals surface area contributed by atoms with Crippen molar-refractivity contribution < 1.29 is 19.0 Å². The minimum Gasteiger partial charge on any atom is -0.493 e. The van der Waals surface area contributed by atoms with Gasteiger partial charge in [0.15, 0.2) is 11.5 Å². The van der Waals surface area contributed by atoms with Gasteiger partial charge in [-0.25, -0.2) is 4.98 Å². The number of benzene rings is 3. The summed E-state index contributed by atoms with van der Waals surface area (Å²) in [4.78, 5) is 16.7. The molecule has 0 spiro atoms.